The van der Waals surface area contributed by atoms with Crippen molar-refractivity contribution < 1.29 is 23.9 Å². The minimum atomic E-state index is -0.502. The largest absolute Gasteiger partial charge is 0.463 e. The number of carbonyl (C=O) groups is 3. The molecule has 2 amide bonds. The highest BCUT2D eigenvalue weighted by atomic mass is 16.5. The van der Waals surface area contributed by atoms with Crippen LogP contribution < -0.4 is 10.6 Å². The van der Waals surface area contributed by atoms with Crippen LogP contribution in [-0.4, -0.2) is 37.2 Å². The van der Waals surface area contributed by atoms with Gasteiger partial charge in [-0.3, -0.25) is 4.79 Å². The second kappa shape index (κ2) is 6.84. The third-order valence-electron chi connectivity index (χ3n) is 6.68. The SMILES string of the molecule is CCOC(=O)C1=C(COC(=O)C23CC4CC(CC(C4)C2)C3)NC(=O)N[C@H]1C. The van der Waals surface area contributed by atoms with Crippen molar-refractivity contribution in [3.63, 3.8) is 0 Å². The normalized spacial score (nSPS) is 36.9. The molecular weight excluding hydrogens is 348 g/mol. The lowest BCUT2D eigenvalue weighted by Crippen LogP contribution is -2.52. The van der Waals surface area contributed by atoms with Crippen LogP contribution >= 0.6 is 0 Å². The zero-order valence-electron chi connectivity index (χ0n) is 16.0. The van der Waals surface area contributed by atoms with Crippen LogP contribution in [0, 0.1) is 23.2 Å². The van der Waals surface area contributed by atoms with Gasteiger partial charge in [0.25, 0.3) is 0 Å². The van der Waals surface area contributed by atoms with Crippen molar-refractivity contribution in [1.29, 1.82) is 0 Å². The number of hydrogen-bond donors (Lipinski definition) is 2. The Bertz CT molecular complexity index is 663. The topological polar surface area (TPSA) is 93.7 Å². The van der Waals surface area contributed by atoms with E-state index in [1.54, 1.807) is 13.8 Å². The Hall–Kier alpha value is -2.05. The van der Waals surface area contributed by atoms with Crippen LogP contribution in [0.25, 0.3) is 0 Å². The van der Waals surface area contributed by atoms with Crippen LogP contribution in [0.15, 0.2) is 11.3 Å². The molecule has 7 heteroatoms. The summed E-state index contributed by atoms with van der Waals surface area (Å²) in [5.41, 5.74) is 0.277. The van der Waals surface area contributed by atoms with Crippen LogP contribution in [0.1, 0.15) is 52.4 Å². The first kappa shape index (κ1) is 18.3. The van der Waals surface area contributed by atoms with Crippen LogP contribution in [0.5, 0.6) is 0 Å². The van der Waals surface area contributed by atoms with Gasteiger partial charge in [-0.25, -0.2) is 9.59 Å². The van der Waals surface area contributed by atoms with Gasteiger partial charge in [-0.15, -0.1) is 0 Å². The summed E-state index contributed by atoms with van der Waals surface area (Å²) >= 11 is 0. The fourth-order valence-corrected chi connectivity index (χ4v) is 6.04. The highest BCUT2D eigenvalue weighted by Gasteiger charge is 2.55. The molecule has 4 saturated carbocycles. The molecule has 0 aromatic rings. The van der Waals surface area contributed by atoms with E-state index < -0.39 is 18.0 Å². The van der Waals surface area contributed by atoms with Crippen molar-refractivity contribution in [2.75, 3.05) is 13.2 Å². The lowest BCUT2D eigenvalue weighted by Gasteiger charge is -2.55. The minimum absolute atomic E-state index is 0.105. The van der Waals surface area contributed by atoms with E-state index in [0.717, 1.165) is 19.3 Å². The maximum absolute atomic E-state index is 13.0. The predicted molar refractivity (Wildman–Crippen MR) is 96.4 cm³/mol. The van der Waals surface area contributed by atoms with E-state index in [2.05, 4.69) is 10.6 Å². The van der Waals surface area contributed by atoms with E-state index >= 15 is 0 Å². The molecule has 1 heterocycles. The summed E-state index contributed by atoms with van der Waals surface area (Å²) in [7, 11) is 0. The lowest BCUT2D eigenvalue weighted by molar-refractivity contribution is -0.170. The second-order valence-corrected chi connectivity index (χ2v) is 8.71. The highest BCUT2D eigenvalue weighted by molar-refractivity contribution is 5.94. The van der Waals surface area contributed by atoms with Gasteiger partial charge < -0.3 is 20.1 Å². The molecule has 1 aliphatic heterocycles. The number of ether oxygens (including phenoxy) is 2. The lowest BCUT2D eigenvalue weighted by atomic mass is 9.49. The number of amides is 2. The molecule has 2 N–H and O–H groups in total. The van der Waals surface area contributed by atoms with Gasteiger partial charge in [0.1, 0.15) is 6.61 Å². The van der Waals surface area contributed by atoms with Gasteiger partial charge in [-0.1, -0.05) is 0 Å². The molecule has 27 heavy (non-hydrogen) atoms. The van der Waals surface area contributed by atoms with Crippen molar-refractivity contribution >= 4 is 18.0 Å². The molecule has 0 unspecified atom stereocenters. The van der Waals surface area contributed by atoms with E-state index in [0.29, 0.717) is 29.0 Å². The first-order valence-electron chi connectivity index (χ1n) is 10.0. The van der Waals surface area contributed by atoms with Gasteiger partial charge in [0.05, 0.1) is 29.3 Å². The van der Waals surface area contributed by atoms with Crippen LogP contribution in [0.2, 0.25) is 0 Å². The molecule has 4 fully saturated rings. The summed E-state index contributed by atoms with van der Waals surface area (Å²) in [6, 6.07) is -0.901. The summed E-state index contributed by atoms with van der Waals surface area (Å²) < 4.78 is 10.8. The highest BCUT2D eigenvalue weighted by Crippen LogP contribution is 2.60. The summed E-state index contributed by atoms with van der Waals surface area (Å²) in [5.74, 6) is 1.28. The van der Waals surface area contributed by atoms with E-state index in [9.17, 15) is 14.4 Å². The van der Waals surface area contributed by atoms with Crippen molar-refractivity contribution in [1.82, 2.24) is 10.6 Å². The fourth-order valence-electron chi connectivity index (χ4n) is 6.04. The molecule has 0 radical (unpaired) electrons. The number of urea groups is 1. The Balaban J connectivity index is 1.49. The summed E-state index contributed by atoms with van der Waals surface area (Å²) in [6.07, 6.45) is 6.53. The van der Waals surface area contributed by atoms with Gasteiger partial charge in [0.2, 0.25) is 0 Å². The van der Waals surface area contributed by atoms with Crippen LogP contribution in [0.4, 0.5) is 4.79 Å². The monoisotopic (exact) mass is 376 g/mol. The summed E-state index contributed by atoms with van der Waals surface area (Å²) in [6.45, 7) is 3.58. The average Bonchev–Trinajstić information content (AvgIpc) is 2.58. The molecule has 0 saturated heterocycles. The van der Waals surface area contributed by atoms with Crippen molar-refractivity contribution in [2.45, 2.75) is 58.4 Å². The maximum Gasteiger partial charge on any atom is 0.338 e. The smallest absolute Gasteiger partial charge is 0.338 e. The van der Waals surface area contributed by atoms with E-state index in [4.69, 9.17) is 9.47 Å². The molecule has 0 aromatic carbocycles. The third kappa shape index (κ3) is 3.32. The van der Waals surface area contributed by atoms with Gasteiger partial charge in [0, 0.05) is 0 Å². The van der Waals surface area contributed by atoms with Crippen LogP contribution in [-0.2, 0) is 19.1 Å². The Labute approximate surface area is 159 Å². The molecule has 5 aliphatic rings. The Morgan fingerprint density at radius 1 is 1.07 bits per heavy atom. The summed E-state index contributed by atoms with van der Waals surface area (Å²) in [5, 5.41) is 5.26. The second-order valence-electron chi connectivity index (χ2n) is 8.71. The van der Waals surface area contributed by atoms with E-state index in [1.807, 2.05) is 0 Å². The molecule has 0 aromatic heterocycles. The number of esters is 2. The standard InChI is InChI=1S/C20H28N2O5/c1-3-26-17(23)16-11(2)21-19(25)22-15(16)10-27-18(24)20-7-12-4-13(8-20)6-14(5-12)9-20/h11-14H,3-10H2,1-2H3,(H2,21,22,25)/t11-,12?,13?,14?,20?/m0/s1. The molecule has 1 atom stereocenters. The number of hydrogen-bond acceptors (Lipinski definition) is 5. The molecule has 5 rings (SSSR count). The Kier molecular flexibility index (Phi) is 4.64. The quantitative estimate of drug-likeness (QED) is 0.718. The zero-order chi connectivity index (χ0) is 19.2. The van der Waals surface area contributed by atoms with Crippen molar-refractivity contribution in [3.05, 3.63) is 11.3 Å². The van der Waals surface area contributed by atoms with E-state index in [-0.39, 0.29) is 24.6 Å². The van der Waals surface area contributed by atoms with Crippen molar-refractivity contribution in [3.8, 4) is 0 Å². The fraction of sp³-hybridized carbons (Fsp3) is 0.750. The van der Waals surface area contributed by atoms with Gasteiger partial charge in [-0.2, -0.15) is 0 Å². The van der Waals surface area contributed by atoms with Crippen molar-refractivity contribution in [2.24, 2.45) is 23.2 Å². The maximum atomic E-state index is 13.0. The molecular formula is C20H28N2O5. The average molecular weight is 376 g/mol. The molecule has 4 aliphatic carbocycles. The molecule has 0 spiro atoms. The number of nitrogens with one attached hydrogen (secondary N) is 2. The van der Waals surface area contributed by atoms with Gasteiger partial charge in [0.15, 0.2) is 0 Å². The third-order valence-corrected chi connectivity index (χ3v) is 6.68. The molecule has 7 nitrogen and oxygen atoms in total. The first-order chi connectivity index (χ1) is 12.9. The summed E-state index contributed by atoms with van der Waals surface area (Å²) in [4.78, 5) is 37.1. The van der Waals surface area contributed by atoms with Gasteiger partial charge >= 0.3 is 18.0 Å². The molecule has 148 valence electrons. The molecule has 4 bridgehead atoms. The predicted octanol–water partition coefficient (Wildman–Crippen LogP) is 2.26. The number of rotatable bonds is 5. The zero-order valence-corrected chi connectivity index (χ0v) is 16.0. The first-order valence-corrected chi connectivity index (χ1v) is 10.0. The minimum Gasteiger partial charge on any atom is -0.463 e. The van der Waals surface area contributed by atoms with Gasteiger partial charge in [-0.05, 0) is 70.1 Å². The van der Waals surface area contributed by atoms with E-state index in [1.165, 1.54) is 19.3 Å². The Morgan fingerprint density at radius 3 is 2.22 bits per heavy atom. The number of carbonyl (C=O) groups excluding carboxylic acids is 3. The van der Waals surface area contributed by atoms with Crippen LogP contribution in [0.3, 0.4) is 0 Å². The Morgan fingerprint density at radius 2 is 1.67 bits per heavy atom.